The third kappa shape index (κ3) is 3.53. The first-order valence-corrected chi connectivity index (χ1v) is 6.96. The Morgan fingerprint density at radius 2 is 1.70 bits per heavy atom. The van der Waals surface area contributed by atoms with Crippen LogP contribution in [0.15, 0.2) is 42.5 Å². The number of rotatable bonds is 5. The van der Waals surface area contributed by atoms with Crippen molar-refractivity contribution < 1.29 is 9.47 Å². The van der Waals surface area contributed by atoms with Gasteiger partial charge in [-0.3, -0.25) is 0 Å². The van der Waals surface area contributed by atoms with Crippen LogP contribution in [0.5, 0.6) is 11.5 Å². The van der Waals surface area contributed by atoms with E-state index in [2.05, 4.69) is 39.0 Å². The summed E-state index contributed by atoms with van der Waals surface area (Å²) in [7, 11) is 1.67. The molecule has 0 spiro atoms. The van der Waals surface area contributed by atoms with Crippen molar-refractivity contribution in [3.05, 3.63) is 59.2 Å². The minimum atomic E-state index is 0.513. The maximum absolute atomic E-state index is 5.95. The molecule has 0 fully saturated rings. The molecule has 106 valence electrons. The van der Waals surface area contributed by atoms with Crippen molar-refractivity contribution in [1.29, 1.82) is 0 Å². The van der Waals surface area contributed by atoms with Crippen molar-refractivity contribution in [2.24, 2.45) is 0 Å². The van der Waals surface area contributed by atoms with Crippen LogP contribution >= 0.6 is 0 Å². The summed E-state index contributed by atoms with van der Waals surface area (Å²) in [6.45, 7) is 7.04. The Bertz CT molecular complexity index is 556. The fraction of sp³-hybridized carbons (Fsp3) is 0.333. The van der Waals surface area contributed by atoms with E-state index < -0.39 is 0 Å². The van der Waals surface area contributed by atoms with Crippen LogP contribution in [0.4, 0.5) is 0 Å². The Morgan fingerprint density at radius 1 is 1.00 bits per heavy atom. The molecule has 0 saturated carbocycles. The van der Waals surface area contributed by atoms with Gasteiger partial charge >= 0.3 is 0 Å². The van der Waals surface area contributed by atoms with Gasteiger partial charge in [0.15, 0.2) is 0 Å². The molecule has 2 aromatic rings. The minimum Gasteiger partial charge on any atom is -0.497 e. The lowest BCUT2D eigenvalue weighted by Crippen LogP contribution is -1.98. The van der Waals surface area contributed by atoms with Gasteiger partial charge < -0.3 is 9.47 Å². The molecule has 2 aromatic carbocycles. The maximum Gasteiger partial charge on any atom is 0.122 e. The largest absolute Gasteiger partial charge is 0.497 e. The maximum atomic E-state index is 5.95. The lowest BCUT2D eigenvalue weighted by atomic mass is 10.0. The highest BCUT2D eigenvalue weighted by Crippen LogP contribution is 2.25. The molecule has 20 heavy (non-hydrogen) atoms. The molecule has 2 nitrogen and oxygen atoms in total. The summed E-state index contributed by atoms with van der Waals surface area (Å²) in [5, 5.41) is 0. The van der Waals surface area contributed by atoms with Crippen LogP contribution in [0.2, 0.25) is 0 Å². The molecule has 0 N–H and O–H groups in total. The zero-order chi connectivity index (χ0) is 14.5. The molecule has 0 atom stereocenters. The molecular formula is C18H22O2. The monoisotopic (exact) mass is 270 g/mol. The number of aryl methyl sites for hydroxylation is 1. The van der Waals surface area contributed by atoms with Gasteiger partial charge in [-0.1, -0.05) is 38.1 Å². The summed E-state index contributed by atoms with van der Waals surface area (Å²) < 4.78 is 11.1. The van der Waals surface area contributed by atoms with E-state index in [-0.39, 0.29) is 0 Å². The summed E-state index contributed by atoms with van der Waals surface area (Å²) in [4.78, 5) is 0. The van der Waals surface area contributed by atoms with E-state index in [0.29, 0.717) is 12.5 Å². The van der Waals surface area contributed by atoms with Crippen molar-refractivity contribution in [1.82, 2.24) is 0 Å². The SMILES string of the molecule is COc1ccc(COc2cc(C(C)C)ccc2C)cc1. The van der Waals surface area contributed by atoms with Crippen LogP contribution in [-0.2, 0) is 6.61 Å². The molecule has 0 aliphatic heterocycles. The molecule has 0 aliphatic carbocycles. The second kappa shape index (κ2) is 6.47. The highest BCUT2D eigenvalue weighted by molar-refractivity contribution is 5.38. The molecule has 0 amide bonds. The molecule has 0 radical (unpaired) electrons. The average molecular weight is 270 g/mol. The lowest BCUT2D eigenvalue weighted by molar-refractivity contribution is 0.303. The highest BCUT2D eigenvalue weighted by Gasteiger charge is 2.05. The van der Waals surface area contributed by atoms with Crippen LogP contribution in [0.1, 0.15) is 36.5 Å². The first-order chi connectivity index (χ1) is 9.60. The van der Waals surface area contributed by atoms with E-state index >= 15 is 0 Å². The van der Waals surface area contributed by atoms with Gasteiger partial charge in [0.25, 0.3) is 0 Å². The lowest BCUT2D eigenvalue weighted by Gasteiger charge is -2.13. The van der Waals surface area contributed by atoms with Crippen LogP contribution in [0.25, 0.3) is 0 Å². The summed E-state index contributed by atoms with van der Waals surface area (Å²) in [6, 6.07) is 14.4. The summed E-state index contributed by atoms with van der Waals surface area (Å²) in [6.07, 6.45) is 0. The van der Waals surface area contributed by atoms with Gasteiger partial charge in [-0.05, 0) is 47.7 Å². The predicted octanol–water partition coefficient (Wildman–Crippen LogP) is 4.71. The fourth-order valence-electron chi connectivity index (χ4n) is 2.01. The number of ether oxygens (including phenoxy) is 2. The first kappa shape index (κ1) is 14.4. The zero-order valence-corrected chi connectivity index (χ0v) is 12.6. The summed E-state index contributed by atoms with van der Waals surface area (Å²) in [5.74, 6) is 2.35. The van der Waals surface area contributed by atoms with Gasteiger partial charge in [0.05, 0.1) is 7.11 Å². The Kier molecular flexibility index (Phi) is 4.67. The second-order valence-electron chi connectivity index (χ2n) is 5.32. The van der Waals surface area contributed by atoms with Gasteiger partial charge in [-0.25, -0.2) is 0 Å². The molecule has 2 rings (SSSR count). The Labute approximate surface area is 121 Å². The minimum absolute atomic E-state index is 0.513. The Balaban J connectivity index is 2.07. The summed E-state index contributed by atoms with van der Waals surface area (Å²) >= 11 is 0. The third-order valence-corrected chi connectivity index (χ3v) is 3.43. The smallest absolute Gasteiger partial charge is 0.122 e. The molecule has 2 heteroatoms. The molecule has 0 aliphatic rings. The molecule has 0 unspecified atom stereocenters. The second-order valence-corrected chi connectivity index (χ2v) is 5.32. The van der Waals surface area contributed by atoms with Crippen molar-refractivity contribution in [3.8, 4) is 11.5 Å². The zero-order valence-electron chi connectivity index (χ0n) is 12.6. The number of methoxy groups -OCH3 is 1. The molecule has 0 heterocycles. The quantitative estimate of drug-likeness (QED) is 0.783. The average Bonchev–Trinajstić information content (AvgIpc) is 2.46. The van der Waals surface area contributed by atoms with Gasteiger partial charge in [0.2, 0.25) is 0 Å². The summed E-state index contributed by atoms with van der Waals surface area (Å²) in [5.41, 5.74) is 3.61. The van der Waals surface area contributed by atoms with E-state index in [9.17, 15) is 0 Å². The van der Waals surface area contributed by atoms with Crippen LogP contribution < -0.4 is 9.47 Å². The Morgan fingerprint density at radius 3 is 2.30 bits per heavy atom. The van der Waals surface area contributed by atoms with E-state index in [4.69, 9.17) is 9.47 Å². The van der Waals surface area contributed by atoms with Gasteiger partial charge in [0, 0.05) is 0 Å². The molecular weight excluding hydrogens is 248 g/mol. The third-order valence-electron chi connectivity index (χ3n) is 3.43. The topological polar surface area (TPSA) is 18.5 Å². The van der Waals surface area contributed by atoms with Gasteiger partial charge in [0.1, 0.15) is 18.1 Å². The van der Waals surface area contributed by atoms with Crippen LogP contribution in [0, 0.1) is 6.92 Å². The van der Waals surface area contributed by atoms with Crippen molar-refractivity contribution in [2.75, 3.05) is 7.11 Å². The standard InChI is InChI=1S/C18H22O2/c1-13(2)16-8-5-14(3)18(11-16)20-12-15-6-9-17(19-4)10-7-15/h5-11,13H,12H2,1-4H3. The molecule has 0 bridgehead atoms. The van der Waals surface area contributed by atoms with Gasteiger partial charge in [-0.15, -0.1) is 0 Å². The van der Waals surface area contributed by atoms with E-state index in [1.165, 1.54) is 11.1 Å². The van der Waals surface area contributed by atoms with E-state index in [1.807, 2.05) is 24.3 Å². The molecule has 0 aromatic heterocycles. The van der Waals surface area contributed by atoms with Crippen LogP contribution in [0.3, 0.4) is 0 Å². The predicted molar refractivity (Wildman–Crippen MR) is 82.6 cm³/mol. The van der Waals surface area contributed by atoms with Gasteiger partial charge in [-0.2, -0.15) is 0 Å². The van der Waals surface area contributed by atoms with Crippen molar-refractivity contribution in [2.45, 2.75) is 33.3 Å². The van der Waals surface area contributed by atoms with E-state index in [1.54, 1.807) is 7.11 Å². The van der Waals surface area contributed by atoms with Crippen molar-refractivity contribution >= 4 is 0 Å². The normalized spacial score (nSPS) is 10.7. The molecule has 0 saturated heterocycles. The number of hydrogen-bond acceptors (Lipinski definition) is 2. The van der Waals surface area contributed by atoms with Crippen LogP contribution in [-0.4, -0.2) is 7.11 Å². The number of hydrogen-bond donors (Lipinski definition) is 0. The fourth-order valence-corrected chi connectivity index (χ4v) is 2.01. The Hall–Kier alpha value is -1.96. The highest BCUT2D eigenvalue weighted by atomic mass is 16.5. The first-order valence-electron chi connectivity index (χ1n) is 6.96. The van der Waals surface area contributed by atoms with Crippen molar-refractivity contribution in [3.63, 3.8) is 0 Å². The van der Waals surface area contributed by atoms with E-state index in [0.717, 1.165) is 17.1 Å². The number of benzene rings is 2.